The van der Waals surface area contributed by atoms with Crippen molar-refractivity contribution in [3.8, 4) is 0 Å². The summed E-state index contributed by atoms with van der Waals surface area (Å²) < 4.78 is 9.81. The molecule has 0 aliphatic carbocycles. The lowest BCUT2D eigenvalue weighted by Crippen LogP contribution is -2.48. The van der Waals surface area contributed by atoms with Crippen LogP contribution in [0.1, 0.15) is 25.7 Å². The fourth-order valence-electron chi connectivity index (χ4n) is 2.96. The van der Waals surface area contributed by atoms with Gasteiger partial charge in [0.05, 0.1) is 0 Å². The van der Waals surface area contributed by atoms with E-state index < -0.39 is 61.7 Å². The molecular weight excluding hydrogens is 348 g/mol. The maximum absolute atomic E-state index is 11.7. The van der Waals surface area contributed by atoms with E-state index in [2.05, 4.69) is 10.6 Å². The van der Waals surface area contributed by atoms with Gasteiger partial charge in [0.25, 0.3) is 0 Å². The van der Waals surface area contributed by atoms with Crippen LogP contribution < -0.4 is 10.6 Å². The lowest BCUT2D eigenvalue weighted by atomic mass is 10.0. The highest BCUT2D eigenvalue weighted by Crippen LogP contribution is 2.11. The summed E-state index contributed by atoms with van der Waals surface area (Å²) in [5.74, 6) is -1.08. The summed E-state index contributed by atoms with van der Waals surface area (Å²) in [7, 11) is 0. The lowest BCUT2D eigenvalue weighted by molar-refractivity contribution is -0.164. The van der Waals surface area contributed by atoms with E-state index in [0.717, 1.165) is 12.8 Å². The zero-order valence-corrected chi connectivity index (χ0v) is 14.5. The van der Waals surface area contributed by atoms with Gasteiger partial charge < -0.3 is 40.5 Å². The smallest absolute Gasteiger partial charge is 0.323 e. The molecule has 0 amide bonds. The molecule has 150 valence electrons. The quantitative estimate of drug-likeness (QED) is 0.229. The molecule has 2 heterocycles. The number of carbonyl (C=O) groups is 2. The summed E-state index contributed by atoms with van der Waals surface area (Å²) in [6.07, 6.45) is -3.72. The van der Waals surface area contributed by atoms with Crippen LogP contribution in [-0.4, -0.2) is 95.2 Å². The minimum absolute atomic E-state index is 0.432. The molecule has 0 spiro atoms. The fraction of sp³-hybridized carbons (Fsp3) is 0.875. The van der Waals surface area contributed by atoms with Crippen molar-refractivity contribution in [1.82, 2.24) is 10.6 Å². The van der Waals surface area contributed by atoms with Gasteiger partial charge in [-0.05, 0) is 38.8 Å². The van der Waals surface area contributed by atoms with Crippen molar-refractivity contribution in [2.24, 2.45) is 0 Å². The molecule has 2 aliphatic heterocycles. The van der Waals surface area contributed by atoms with E-state index in [1.807, 2.05) is 0 Å². The molecule has 0 unspecified atom stereocenters. The van der Waals surface area contributed by atoms with Crippen LogP contribution in [0.2, 0.25) is 0 Å². The average molecular weight is 376 g/mol. The third kappa shape index (κ3) is 5.86. The molecule has 0 saturated carbocycles. The molecule has 0 aromatic rings. The number of ether oxygens (including phenoxy) is 2. The number of aliphatic hydroxyl groups excluding tert-OH is 4. The molecule has 0 bridgehead atoms. The first-order valence-corrected chi connectivity index (χ1v) is 8.92. The van der Waals surface area contributed by atoms with Crippen molar-refractivity contribution in [1.29, 1.82) is 0 Å². The van der Waals surface area contributed by atoms with Crippen LogP contribution >= 0.6 is 0 Å². The summed E-state index contributed by atoms with van der Waals surface area (Å²) in [5.41, 5.74) is 0. The molecule has 6 N–H and O–H groups in total. The molecule has 2 aliphatic rings. The van der Waals surface area contributed by atoms with Crippen LogP contribution in [-0.2, 0) is 19.1 Å². The zero-order valence-electron chi connectivity index (χ0n) is 14.5. The Morgan fingerprint density at radius 1 is 0.808 bits per heavy atom. The molecule has 10 nitrogen and oxygen atoms in total. The van der Waals surface area contributed by atoms with E-state index in [1.54, 1.807) is 0 Å². The Hall–Kier alpha value is -1.30. The van der Waals surface area contributed by atoms with Gasteiger partial charge in [-0.2, -0.15) is 0 Å². The molecule has 2 fully saturated rings. The van der Waals surface area contributed by atoms with Gasteiger partial charge in [0.2, 0.25) is 0 Å². The highest BCUT2D eigenvalue weighted by Gasteiger charge is 2.33. The summed E-state index contributed by atoms with van der Waals surface area (Å²) in [5, 5.41) is 45.3. The predicted molar refractivity (Wildman–Crippen MR) is 88.0 cm³/mol. The first-order valence-electron chi connectivity index (χ1n) is 8.92. The molecule has 2 saturated heterocycles. The number of nitrogens with one attached hydrogen (secondary N) is 2. The van der Waals surface area contributed by atoms with Gasteiger partial charge in [-0.25, -0.2) is 0 Å². The molecule has 0 aromatic heterocycles. The zero-order chi connectivity index (χ0) is 19.1. The normalized spacial score (nSPS) is 27.5. The minimum Gasteiger partial charge on any atom is -0.462 e. The number of rotatable bonds is 9. The van der Waals surface area contributed by atoms with Crippen molar-refractivity contribution < 1.29 is 39.5 Å². The monoisotopic (exact) mass is 376 g/mol. The van der Waals surface area contributed by atoms with E-state index in [1.165, 1.54) is 0 Å². The molecule has 0 aromatic carbocycles. The minimum atomic E-state index is -1.77. The van der Waals surface area contributed by atoms with Gasteiger partial charge in [-0.15, -0.1) is 0 Å². The maximum Gasteiger partial charge on any atom is 0.323 e. The topological polar surface area (TPSA) is 158 Å². The summed E-state index contributed by atoms with van der Waals surface area (Å²) in [4.78, 5) is 23.5. The third-order valence-corrected chi connectivity index (χ3v) is 4.62. The summed E-state index contributed by atoms with van der Waals surface area (Å²) in [6.45, 7) is 0.386. The third-order valence-electron chi connectivity index (χ3n) is 4.62. The number of esters is 2. The van der Waals surface area contributed by atoms with E-state index in [0.29, 0.717) is 25.9 Å². The second-order valence-corrected chi connectivity index (χ2v) is 6.67. The SMILES string of the molecule is O=C(OC[C@@H](O)[C@@H](O)[C@H](O)[C@@H](O)COC(=O)[C@@H]1CCCN1)[C@@H]1CCCN1. The Morgan fingerprint density at radius 3 is 1.50 bits per heavy atom. The lowest BCUT2D eigenvalue weighted by Gasteiger charge is -2.26. The summed E-state index contributed by atoms with van der Waals surface area (Å²) >= 11 is 0. The average Bonchev–Trinajstić information content (AvgIpc) is 3.35. The number of hydrogen-bond acceptors (Lipinski definition) is 10. The number of carbonyl (C=O) groups excluding carboxylic acids is 2. The Kier molecular flexibility index (Phi) is 8.19. The molecule has 26 heavy (non-hydrogen) atoms. The van der Waals surface area contributed by atoms with Crippen LogP contribution in [0.15, 0.2) is 0 Å². The Labute approximate surface area is 151 Å². The second kappa shape index (κ2) is 10.1. The van der Waals surface area contributed by atoms with Crippen molar-refractivity contribution >= 4 is 11.9 Å². The predicted octanol–water partition coefficient (Wildman–Crippen LogP) is -2.98. The van der Waals surface area contributed by atoms with E-state index in [4.69, 9.17) is 9.47 Å². The molecule has 0 radical (unpaired) electrons. The van der Waals surface area contributed by atoms with Crippen molar-refractivity contribution in [2.45, 2.75) is 62.2 Å². The van der Waals surface area contributed by atoms with Crippen LogP contribution in [0.3, 0.4) is 0 Å². The van der Waals surface area contributed by atoms with Gasteiger partial charge >= 0.3 is 11.9 Å². The van der Waals surface area contributed by atoms with Gasteiger partial charge in [0.15, 0.2) is 0 Å². The molecule has 10 heteroatoms. The fourth-order valence-corrected chi connectivity index (χ4v) is 2.96. The first-order chi connectivity index (χ1) is 12.4. The van der Waals surface area contributed by atoms with Crippen LogP contribution in [0.25, 0.3) is 0 Å². The van der Waals surface area contributed by atoms with Crippen LogP contribution in [0, 0.1) is 0 Å². The number of hydrogen-bond donors (Lipinski definition) is 6. The van der Waals surface area contributed by atoms with E-state index in [-0.39, 0.29) is 0 Å². The van der Waals surface area contributed by atoms with Gasteiger partial charge in [0.1, 0.15) is 49.7 Å². The molecular formula is C16H28N2O8. The Balaban J connectivity index is 1.69. The van der Waals surface area contributed by atoms with E-state index >= 15 is 0 Å². The Morgan fingerprint density at radius 2 is 1.19 bits per heavy atom. The standard InChI is InChI=1S/C16H28N2O8/c19-11(7-25-15(23)9-3-1-5-17-9)13(21)14(22)12(20)8-26-16(24)10-4-2-6-18-10/h9-14,17-22H,1-8H2/t9-,10-,11-,12+,13+,14+/m0/s1. The Bertz CT molecular complexity index is 423. The van der Waals surface area contributed by atoms with Gasteiger partial charge in [-0.1, -0.05) is 0 Å². The van der Waals surface area contributed by atoms with Crippen molar-refractivity contribution in [3.05, 3.63) is 0 Å². The van der Waals surface area contributed by atoms with Crippen molar-refractivity contribution in [2.75, 3.05) is 26.3 Å². The number of aliphatic hydroxyl groups is 4. The van der Waals surface area contributed by atoms with Crippen molar-refractivity contribution in [3.63, 3.8) is 0 Å². The maximum atomic E-state index is 11.7. The van der Waals surface area contributed by atoms with E-state index in [9.17, 15) is 30.0 Å². The largest absolute Gasteiger partial charge is 0.462 e. The highest BCUT2D eigenvalue weighted by atomic mass is 16.6. The molecule has 6 atom stereocenters. The first kappa shape index (κ1) is 21.0. The van der Waals surface area contributed by atoms with Gasteiger partial charge in [0, 0.05) is 0 Å². The molecule has 2 rings (SSSR count). The highest BCUT2D eigenvalue weighted by molar-refractivity contribution is 5.76. The summed E-state index contributed by atoms with van der Waals surface area (Å²) in [6, 6.07) is -0.864. The van der Waals surface area contributed by atoms with Crippen LogP contribution in [0.5, 0.6) is 0 Å². The second-order valence-electron chi connectivity index (χ2n) is 6.67. The van der Waals surface area contributed by atoms with Crippen LogP contribution in [0.4, 0.5) is 0 Å². The van der Waals surface area contributed by atoms with Gasteiger partial charge in [-0.3, -0.25) is 9.59 Å².